The van der Waals surface area contributed by atoms with Gasteiger partial charge in [-0.25, -0.2) is 0 Å². The first kappa shape index (κ1) is 9.33. The summed E-state index contributed by atoms with van der Waals surface area (Å²) in [5.74, 6) is 0.875. The molecule has 0 radical (unpaired) electrons. The highest BCUT2D eigenvalue weighted by Gasteiger charge is 2.24. The van der Waals surface area contributed by atoms with E-state index < -0.39 is 0 Å². The molecule has 1 atom stereocenters. The van der Waals surface area contributed by atoms with E-state index >= 15 is 0 Å². The SMILES string of the molecule is Cc1coc([C@H](N)C(C)(C)C)c1. The third-order valence-corrected chi connectivity index (χ3v) is 1.99. The molecule has 0 aromatic carbocycles. The summed E-state index contributed by atoms with van der Waals surface area (Å²) in [6, 6.07) is 1.97. The van der Waals surface area contributed by atoms with Gasteiger partial charge in [-0.2, -0.15) is 0 Å². The molecule has 0 aliphatic rings. The van der Waals surface area contributed by atoms with Crippen molar-refractivity contribution in [3.63, 3.8) is 0 Å². The maximum absolute atomic E-state index is 5.99. The van der Waals surface area contributed by atoms with Crippen LogP contribution < -0.4 is 5.73 Å². The molecule has 68 valence electrons. The summed E-state index contributed by atoms with van der Waals surface area (Å²) < 4.78 is 5.33. The van der Waals surface area contributed by atoms with Crippen molar-refractivity contribution >= 4 is 0 Å². The zero-order valence-corrected chi connectivity index (χ0v) is 8.22. The van der Waals surface area contributed by atoms with Gasteiger partial charge < -0.3 is 10.2 Å². The fraction of sp³-hybridized carbons (Fsp3) is 0.600. The van der Waals surface area contributed by atoms with Crippen molar-refractivity contribution < 1.29 is 4.42 Å². The first-order valence-corrected chi connectivity index (χ1v) is 4.22. The van der Waals surface area contributed by atoms with Gasteiger partial charge in [-0.1, -0.05) is 20.8 Å². The van der Waals surface area contributed by atoms with Crippen molar-refractivity contribution in [3.8, 4) is 0 Å². The van der Waals surface area contributed by atoms with Crippen LogP contribution in [0.15, 0.2) is 16.7 Å². The topological polar surface area (TPSA) is 39.2 Å². The van der Waals surface area contributed by atoms with Gasteiger partial charge in [-0.05, 0) is 24.0 Å². The smallest absolute Gasteiger partial charge is 0.121 e. The van der Waals surface area contributed by atoms with E-state index in [0.29, 0.717) is 0 Å². The summed E-state index contributed by atoms with van der Waals surface area (Å²) in [5.41, 5.74) is 7.18. The molecule has 1 aromatic heterocycles. The highest BCUT2D eigenvalue weighted by atomic mass is 16.3. The molecule has 12 heavy (non-hydrogen) atoms. The minimum Gasteiger partial charge on any atom is -0.467 e. The van der Waals surface area contributed by atoms with Gasteiger partial charge >= 0.3 is 0 Å². The number of furan rings is 1. The lowest BCUT2D eigenvalue weighted by Gasteiger charge is -2.24. The van der Waals surface area contributed by atoms with Gasteiger partial charge in [0.1, 0.15) is 5.76 Å². The summed E-state index contributed by atoms with van der Waals surface area (Å²) in [7, 11) is 0. The van der Waals surface area contributed by atoms with Crippen molar-refractivity contribution in [1.29, 1.82) is 0 Å². The van der Waals surface area contributed by atoms with Gasteiger partial charge in [0.15, 0.2) is 0 Å². The molecular formula is C10H17NO. The molecular weight excluding hydrogens is 150 g/mol. The molecule has 0 spiro atoms. The fourth-order valence-electron chi connectivity index (χ4n) is 1.04. The van der Waals surface area contributed by atoms with Crippen LogP contribution in [0.25, 0.3) is 0 Å². The summed E-state index contributed by atoms with van der Waals surface area (Å²) in [6.45, 7) is 8.32. The predicted molar refractivity (Wildman–Crippen MR) is 49.8 cm³/mol. The van der Waals surface area contributed by atoms with Gasteiger partial charge in [0, 0.05) is 0 Å². The number of hydrogen-bond donors (Lipinski definition) is 1. The molecule has 1 heterocycles. The Labute approximate surface area is 73.8 Å². The normalized spacial score (nSPS) is 14.8. The summed E-state index contributed by atoms with van der Waals surface area (Å²) in [6.07, 6.45) is 1.74. The molecule has 0 fully saturated rings. The molecule has 0 unspecified atom stereocenters. The van der Waals surface area contributed by atoms with Crippen LogP contribution in [0.3, 0.4) is 0 Å². The maximum atomic E-state index is 5.99. The Kier molecular flexibility index (Phi) is 2.29. The Morgan fingerprint density at radius 2 is 2.00 bits per heavy atom. The summed E-state index contributed by atoms with van der Waals surface area (Å²) in [4.78, 5) is 0. The van der Waals surface area contributed by atoms with E-state index in [1.165, 1.54) is 0 Å². The van der Waals surface area contributed by atoms with E-state index in [4.69, 9.17) is 10.2 Å². The van der Waals surface area contributed by atoms with Crippen LogP contribution in [0, 0.1) is 12.3 Å². The summed E-state index contributed by atoms with van der Waals surface area (Å²) >= 11 is 0. The lowest BCUT2D eigenvalue weighted by Crippen LogP contribution is -2.25. The molecule has 0 amide bonds. The van der Waals surface area contributed by atoms with Crippen molar-refractivity contribution in [2.45, 2.75) is 33.7 Å². The molecule has 1 aromatic rings. The minimum absolute atomic E-state index is 0.0220. The molecule has 2 heteroatoms. The van der Waals surface area contributed by atoms with E-state index in [2.05, 4.69) is 20.8 Å². The van der Waals surface area contributed by atoms with E-state index in [9.17, 15) is 0 Å². The molecule has 0 aliphatic heterocycles. The zero-order chi connectivity index (χ0) is 9.35. The number of aryl methyl sites for hydroxylation is 1. The average Bonchev–Trinajstić information content (AvgIpc) is 2.32. The van der Waals surface area contributed by atoms with Crippen molar-refractivity contribution in [2.75, 3.05) is 0 Å². The van der Waals surface area contributed by atoms with Crippen LogP contribution in [-0.2, 0) is 0 Å². The van der Waals surface area contributed by atoms with Crippen LogP contribution in [0.1, 0.15) is 38.1 Å². The largest absolute Gasteiger partial charge is 0.467 e. The molecule has 0 saturated carbocycles. The van der Waals surface area contributed by atoms with E-state index in [0.717, 1.165) is 11.3 Å². The molecule has 0 bridgehead atoms. The molecule has 2 N–H and O–H groups in total. The lowest BCUT2D eigenvalue weighted by atomic mass is 9.86. The second kappa shape index (κ2) is 2.94. The fourth-order valence-corrected chi connectivity index (χ4v) is 1.04. The third kappa shape index (κ3) is 1.89. The molecule has 1 rings (SSSR count). The van der Waals surface area contributed by atoms with E-state index in [-0.39, 0.29) is 11.5 Å². The van der Waals surface area contributed by atoms with Gasteiger partial charge in [-0.15, -0.1) is 0 Å². The molecule has 2 nitrogen and oxygen atoms in total. The van der Waals surface area contributed by atoms with Gasteiger partial charge in [0.05, 0.1) is 12.3 Å². The Hall–Kier alpha value is -0.760. The van der Waals surface area contributed by atoms with Gasteiger partial charge in [-0.3, -0.25) is 0 Å². The summed E-state index contributed by atoms with van der Waals surface area (Å²) in [5, 5.41) is 0. The quantitative estimate of drug-likeness (QED) is 0.698. The highest BCUT2D eigenvalue weighted by molar-refractivity contribution is 5.14. The van der Waals surface area contributed by atoms with Crippen molar-refractivity contribution in [3.05, 3.63) is 23.7 Å². The first-order chi connectivity index (χ1) is 5.41. The average molecular weight is 167 g/mol. The van der Waals surface area contributed by atoms with Crippen LogP contribution in [0.2, 0.25) is 0 Å². The Bertz CT molecular complexity index is 257. The van der Waals surface area contributed by atoms with Crippen molar-refractivity contribution in [1.82, 2.24) is 0 Å². The minimum atomic E-state index is -0.0220. The van der Waals surface area contributed by atoms with Gasteiger partial charge in [0.2, 0.25) is 0 Å². The van der Waals surface area contributed by atoms with Crippen LogP contribution in [-0.4, -0.2) is 0 Å². The Morgan fingerprint density at radius 1 is 1.42 bits per heavy atom. The number of rotatable bonds is 1. The number of hydrogen-bond acceptors (Lipinski definition) is 2. The second-order valence-electron chi connectivity index (χ2n) is 4.37. The van der Waals surface area contributed by atoms with Crippen LogP contribution in [0.5, 0.6) is 0 Å². The monoisotopic (exact) mass is 167 g/mol. The third-order valence-electron chi connectivity index (χ3n) is 1.99. The lowest BCUT2D eigenvalue weighted by molar-refractivity contribution is 0.285. The van der Waals surface area contributed by atoms with E-state index in [1.807, 2.05) is 13.0 Å². The Balaban J connectivity index is 2.85. The van der Waals surface area contributed by atoms with E-state index in [1.54, 1.807) is 6.26 Å². The molecule has 0 aliphatic carbocycles. The Morgan fingerprint density at radius 3 is 2.33 bits per heavy atom. The predicted octanol–water partition coefficient (Wildman–Crippen LogP) is 2.63. The van der Waals surface area contributed by atoms with Crippen molar-refractivity contribution in [2.24, 2.45) is 11.1 Å². The molecule has 0 saturated heterocycles. The zero-order valence-electron chi connectivity index (χ0n) is 8.22. The van der Waals surface area contributed by atoms with Crippen LogP contribution >= 0.6 is 0 Å². The number of nitrogens with two attached hydrogens (primary N) is 1. The first-order valence-electron chi connectivity index (χ1n) is 4.22. The highest BCUT2D eigenvalue weighted by Crippen LogP contribution is 2.30. The standard InChI is InChI=1S/C10H17NO/c1-7-5-8(12-6-7)9(11)10(2,3)4/h5-6,9H,11H2,1-4H3/t9-/m0/s1. The van der Waals surface area contributed by atoms with Crippen LogP contribution in [0.4, 0.5) is 0 Å². The van der Waals surface area contributed by atoms with Gasteiger partial charge in [0.25, 0.3) is 0 Å². The maximum Gasteiger partial charge on any atom is 0.121 e. The second-order valence-corrected chi connectivity index (χ2v) is 4.37.